The van der Waals surface area contributed by atoms with Gasteiger partial charge in [0.2, 0.25) is 0 Å². The molecule has 4 nitrogen and oxygen atoms in total. The normalized spacial score (nSPS) is 28.6. The van der Waals surface area contributed by atoms with E-state index in [4.69, 9.17) is 9.47 Å². The number of fused-ring (bicyclic) bond motifs is 5. The standard InChI is InChI=1S/C36H38O4/c1-4-20(2)35(37)40-34-27-16-25-17-28(34)19-26(18-27)33(25)36(38)39-21(3)23-10-12-30-24(15-23)11-14-31-29-8-6-5-7-22(29)9-13-32(30)31/h5-15,20-21,25-28,33-34H,4,16-19H2,1-3H3. The van der Waals surface area contributed by atoms with E-state index in [0.29, 0.717) is 23.7 Å². The number of hydrogen-bond acceptors (Lipinski definition) is 4. The minimum atomic E-state index is -0.300. The smallest absolute Gasteiger partial charge is 0.310 e. The molecule has 4 aromatic rings. The van der Waals surface area contributed by atoms with Crippen LogP contribution in [0.4, 0.5) is 0 Å². The van der Waals surface area contributed by atoms with Crippen molar-refractivity contribution in [3.05, 3.63) is 72.3 Å². The van der Waals surface area contributed by atoms with Gasteiger partial charge in [-0.3, -0.25) is 9.59 Å². The van der Waals surface area contributed by atoms with E-state index >= 15 is 0 Å². The first-order valence-electron chi connectivity index (χ1n) is 15.2. The molecule has 4 fully saturated rings. The second-order valence-corrected chi connectivity index (χ2v) is 12.7. The Bertz CT molecular complexity index is 1590. The fourth-order valence-corrected chi connectivity index (χ4v) is 8.25. The summed E-state index contributed by atoms with van der Waals surface area (Å²) in [5, 5.41) is 7.40. The number of benzene rings is 4. The predicted molar refractivity (Wildman–Crippen MR) is 159 cm³/mol. The molecule has 4 heteroatoms. The second-order valence-electron chi connectivity index (χ2n) is 12.7. The van der Waals surface area contributed by atoms with E-state index in [9.17, 15) is 9.59 Å². The van der Waals surface area contributed by atoms with Crippen LogP contribution < -0.4 is 0 Å². The van der Waals surface area contributed by atoms with Gasteiger partial charge in [-0.05, 0) is 107 Å². The van der Waals surface area contributed by atoms with Crippen molar-refractivity contribution in [2.45, 2.75) is 65.1 Å². The average molecular weight is 535 g/mol. The molecular formula is C36H38O4. The summed E-state index contributed by atoms with van der Waals surface area (Å²) in [6.45, 7) is 5.97. The van der Waals surface area contributed by atoms with Crippen LogP contribution in [0.25, 0.3) is 32.3 Å². The van der Waals surface area contributed by atoms with Gasteiger partial charge in [-0.2, -0.15) is 0 Å². The molecule has 0 amide bonds. The Morgan fingerprint density at radius 1 is 0.750 bits per heavy atom. The Morgan fingerprint density at radius 2 is 1.35 bits per heavy atom. The SMILES string of the molecule is CCC(C)C(=O)OC1C2CC3CC1CC(C2)C3C(=O)OC(C)c1ccc2c(ccc3c4ccccc4ccc23)c1. The highest BCUT2D eigenvalue weighted by molar-refractivity contribution is 6.17. The highest BCUT2D eigenvalue weighted by Crippen LogP contribution is 2.58. The van der Waals surface area contributed by atoms with Crippen LogP contribution in [0.1, 0.15) is 64.5 Å². The fraction of sp³-hybridized carbons (Fsp3) is 0.444. The molecule has 206 valence electrons. The highest BCUT2D eigenvalue weighted by Gasteiger charge is 2.57. The Hall–Kier alpha value is -3.40. The van der Waals surface area contributed by atoms with Crippen molar-refractivity contribution in [2.75, 3.05) is 0 Å². The van der Waals surface area contributed by atoms with Crippen molar-refractivity contribution in [1.29, 1.82) is 0 Å². The summed E-state index contributed by atoms with van der Waals surface area (Å²) >= 11 is 0. The predicted octanol–water partition coefficient (Wildman–Crippen LogP) is 8.39. The van der Waals surface area contributed by atoms with Gasteiger partial charge in [0.25, 0.3) is 0 Å². The van der Waals surface area contributed by atoms with Gasteiger partial charge in [0.1, 0.15) is 12.2 Å². The first kappa shape index (κ1) is 25.6. The number of rotatable bonds is 6. The Labute approximate surface area is 236 Å². The molecule has 2 unspecified atom stereocenters. The van der Waals surface area contributed by atoms with Gasteiger partial charge in [-0.25, -0.2) is 0 Å². The van der Waals surface area contributed by atoms with Gasteiger partial charge in [0, 0.05) is 0 Å². The summed E-state index contributed by atoms with van der Waals surface area (Å²) in [4.78, 5) is 26.1. The Kier molecular flexibility index (Phi) is 6.33. The van der Waals surface area contributed by atoms with Crippen molar-refractivity contribution in [2.24, 2.45) is 35.5 Å². The molecule has 0 heterocycles. The zero-order chi connectivity index (χ0) is 27.5. The maximum absolute atomic E-state index is 13.6. The zero-order valence-corrected chi connectivity index (χ0v) is 23.6. The number of esters is 2. The quantitative estimate of drug-likeness (QED) is 0.184. The maximum atomic E-state index is 13.6. The first-order valence-corrected chi connectivity index (χ1v) is 15.2. The highest BCUT2D eigenvalue weighted by atomic mass is 16.5. The minimum absolute atomic E-state index is 0.0288. The van der Waals surface area contributed by atoms with E-state index in [0.717, 1.165) is 43.1 Å². The van der Waals surface area contributed by atoms with E-state index in [2.05, 4.69) is 66.7 Å². The monoisotopic (exact) mass is 534 g/mol. The Morgan fingerprint density at radius 3 is 2.02 bits per heavy atom. The van der Waals surface area contributed by atoms with Crippen molar-refractivity contribution < 1.29 is 19.1 Å². The lowest BCUT2D eigenvalue weighted by Gasteiger charge is -2.56. The van der Waals surface area contributed by atoms with Crippen molar-refractivity contribution in [3.63, 3.8) is 0 Å². The molecule has 8 rings (SSSR count). The van der Waals surface area contributed by atoms with Crippen LogP contribution in [-0.2, 0) is 19.1 Å². The van der Waals surface area contributed by atoms with Crippen molar-refractivity contribution in [1.82, 2.24) is 0 Å². The molecule has 0 aliphatic heterocycles. The summed E-state index contributed by atoms with van der Waals surface area (Å²) < 4.78 is 12.2. The molecule has 0 radical (unpaired) electrons. The number of ether oxygens (including phenoxy) is 2. The maximum Gasteiger partial charge on any atom is 0.310 e. The molecule has 0 spiro atoms. The van der Waals surface area contributed by atoms with Gasteiger partial charge in [0.05, 0.1) is 11.8 Å². The number of carbonyl (C=O) groups is 2. The lowest BCUT2D eigenvalue weighted by Crippen LogP contribution is -2.56. The Balaban J connectivity index is 1.06. The van der Waals surface area contributed by atoms with E-state index < -0.39 is 0 Å². The second kappa shape index (κ2) is 9.90. The molecule has 4 saturated carbocycles. The molecular weight excluding hydrogens is 496 g/mol. The molecule has 0 N–H and O–H groups in total. The van der Waals surface area contributed by atoms with Gasteiger partial charge in [-0.1, -0.05) is 74.5 Å². The van der Waals surface area contributed by atoms with Gasteiger partial charge in [0.15, 0.2) is 0 Å². The summed E-state index contributed by atoms with van der Waals surface area (Å²) in [5.41, 5.74) is 1.03. The van der Waals surface area contributed by atoms with Crippen LogP contribution >= 0.6 is 0 Å². The third-order valence-electron chi connectivity index (χ3n) is 10.4. The van der Waals surface area contributed by atoms with Crippen LogP contribution in [0.2, 0.25) is 0 Å². The molecule has 4 bridgehead atoms. The van der Waals surface area contributed by atoms with E-state index in [-0.39, 0.29) is 36.0 Å². The molecule has 4 aromatic carbocycles. The lowest BCUT2D eigenvalue weighted by molar-refractivity contribution is -0.191. The van der Waals surface area contributed by atoms with Crippen LogP contribution in [0.15, 0.2) is 66.7 Å². The van der Waals surface area contributed by atoms with Crippen LogP contribution in [0, 0.1) is 35.5 Å². The number of carbonyl (C=O) groups excluding carboxylic acids is 2. The fourth-order valence-electron chi connectivity index (χ4n) is 8.25. The lowest BCUT2D eigenvalue weighted by atomic mass is 9.50. The minimum Gasteiger partial charge on any atom is -0.462 e. The van der Waals surface area contributed by atoms with Gasteiger partial charge < -0.3 is 9.47 Å². The summed E-state index contributed by atoms with van der Waals surface area (Å²) in [6, 6.07) is 23.8. The molecule has 2 atom stereocenters. The van der Waals surface area contributed by atoms with Gasteiger partial charge >= 0.3 is 11.9 Å². The summed E-state index contributed by atoms with van der Waals surface area (Å²) in [5.74, 6) is 1.31. The molecule has 4 aliphatic carbocycles. The van der Waals surface area contributed by atoms with E-state index in [1.807, 2.05) is 20.8 Å². The summed E-state index contributed by atoms with van der Waals surface area (Å²) in [7, 11) is 0. The summed E-state index contributed by atoms with van der Waals surface area (Å²) in [6.07, 6.45) is 4.43. The zero-order valence-electron chi connectivity index (χ0n) is 23.6. The average Bonchev–Trinajstić information content (AvgIpc) is 2.97. The van der Waals surface area contributed by atoms with Gasteiger partial charge in [-0.15, -0.1) is 0 Å². The number of hydrogen-bond donors (Lipinski definition) is 0. The van der Waals surface area contributed by atoms with E-state index in [1.54, 1.807) is 0 Å². The van der Waals surface area contributed by atoms with E-state index in [1.165, 1.54) is 26.9 Å². The topological polar surface area (TPSA) is 52.6 Å². The third-order valence-corrected chi connectivity index (χ3v) is 10.4. The largest absolute Gasteiger partial charge is 0.462 e. The molecule has 0 aromatic heterocycles. The van der Waals surface area contributed by atoms with Crippen LogP contribution in [0.5, 0.6) is 0 Å². The van der Waals surface area contributed by atoms with Crippen molar-refractivity contribution >= 4 is 44.3 Å². The van der Waals surface area contributed by atoms with Crippen molar-refractivity contribution in [3.8, 4) is 0 Å². The van der Waals surface area contributed by atoms with Crippen LogP contribution in [0.3, 0.4) is 0 Å². The first-order chi connectivity index (χ1) is 19.4. The molecule has 4 aliphatic rings. The third kappa shape index (κ3) is 4.19. The van der Waals surface area contributed by atoms with Crippen LogP contribution in [-0.4, -0.2) is 18.0 Å². The molecule has 0 saturated heterocycles. The molecule has 40 heavy (non-hydrogen) atoms.